The van der Waals surface area contributed by atoms with Crippen LogP contribution in [0.3, 0.4) is 0 Å². The fourth-order valence-electron chi connectivity index (χ4n) is 0.264. The van der Waals surface area contributed by atoms with Crippen molar-refractivity contribution in [3.05, 3.63) is 0 Å². The van der Waals surface area contributed by atoms with Crippen LogP contribution in [0.1, 0.15) is 13.8 Å². The second-order valence-corrected chi connectivity index (χ2v) is 1.83. The maximum Gasteiger partial charge on any atom is 0.0542 e. The largest absolute Gasteiger partial charge is 0.285 e. The fourth-order valence-corrected chi connectivity index (χ4v) is 0.791. The predicted molar refractivity (Wildman–Crippen MR) is 37.2 cm³/mol. The molecule has 0 N–H and O–H groups in total. The van der Waals surface area contributed by atoms with E-state index in [0.717, 1.165) is 6.54 Å². The van der Waals surface area contributed by atoms with E-state index in [2.05, 4.69) is 4.99 Å². The van der Waals surface area contributed by atoms with Gasteiger partial charge in [-0.3, -0.25) is 4.99 Å². The SMILES string of the molecule is C1=NCCS1.CC. The van der Waals surface area contributed by atoms with Crippen LogP contribution in [0.2, 0.25) is 0 Å². The van der Waals surface area contributed by atoms with Crippen molar-refractivity contribution in [2.75, 3.05) is 12.3 Å². The molecular weight excluding hydrogens is 106 g/mol. The highest BCUT2D eigenvalue weighted by Crippen LogP contribution is 1.99. The van der Waals surface area contributed by atoms with E-state index in [1.54, 1.807) is 11.8 Å². The highest BCUT2D eigenvalue weighted by Gasteiger charge is 1.86. The molecule has 2 heteroatoms. The Kier molecular flexibility index (Phi) is 6.04. The average Bonchev–Trinajstić information content (AvgIpc) is 2.23. The molecule has 0 aromatic carbocycles. The topological polar surface area (TPSA) is 12.4 Å². The number of thioether (sulfide) groups is 1. The second-order valence-electron chi connectivity index (χ2n) is 0.882. The van der Waals surface area contributed by atoms with E-state index in [0.29, 0.717) is 0 Å². The van der Waals surface area contributed by atoms with E-state index in [1.165, 1.54) is 5.75 Å². The summed E-state index contributed by atoms with van der Waals surface area (Å²) in [4.78, 5) is 3.92. The fraction of sp³-hybridized carbons (Fsp3) is 0.800. The molecule has 0 radical (unpaired) electrons. The Morgan fingerprint density at radius 2 is 2.29 bits per heavy atom. The Morgan fingerprint density at radius 3 is 2.43 bits per heavy atom. The molecule has 0 atom stereocenters. The molecule has 7 heavy (non-hydrogen) atoms. The normalized spacial score (nSPS) is 15.7. The first kappa shape index (κ1) is 7.02. The third-order valence-electron chi connectivity index (χ3n) is 0.487. The minimum absolute atomic E-state index is 1.03. The van der Waals surface area contributed by atoms with Crippen LogP contribution in [0.15, 0.2) is 4.99 Å². The first-order chi connectivity index (χ1) is 3.50. The molecule has 0 bridgehead atoms. The van der Waals surface area contributed by atoms with Crippen LogP contribution < -0.4 is 0 Å². The molecular formula is C5H11NS. The molecule has 1 heterocycles. The van der Waals surface area contributed by atoms with E-state index in [1.807, 2.05) is 19.4 Å². The van der Waals surface area contributed by atoms with Gasteiger partial charge in [0.2, 0.25) is 0 Å². The van der Waals surface area contributed by atoms with Crippen molar-refractivity contribution in [1.29, 1.82) is 0 Å². The van der Waals surface area contributed by atoms with E-state index in [9.17, 15) is 0 Å². The quantitative estimate of drug-likeness (QED) is 0.471. The second kappa shape index (κ2) is 6.02. The zero-order valence-electron chi connectivity index (χ0n) is 4.85. The number of hydrogen-bond donors (Lipinski definition) is 0. The summed E-state index contributed by atoms with van der Waals surface area (Å²) in [6.45, 7) is 5.03. The van der Waals surface area contributed by atoms with E-state index < -0.39 is 0 Å². The van der Waals surface area contributed by atoms with E-state index in [-0.39, 0.29) is 0 Å². The minimum atomic E-state index is 1.03. The van der Waals surface area contributed by atoms with E-state index in [4.69, 9.17) is 0 Å². The maximum absolute atomic E-state index is 3.92. The van der Waals surface area contributed by atoms with Gasteiger partial charge in [0.1, 0.15) is 0 Å². The zero-order valence-corrected chi connectivity index (χ0v) is 5.66. The van der Waals surface area contributed by atoms with Crippen LogP contribution in [0.25, 0.3) is 0 Å². The summed E-state index contributed by atoms with van der Waals surface area (Å²) < 4.78 is 0. The van der Waals surface area contributed by atoms with Crippen LogP contribution in [0.4, 0.5) is 0 Å². The van der Waals surface area contributed by atoms with Crippen molar-refractivity contribution < 1.29 is 0 Å². The van der Waals surface area contributed by atoms with Crippen molar-refractivity contribution in [1.82, 2.24) is 0 Å². The summed E-state index contributed by atoms with van der Waals surface area (Å²) in [6.07, 6.45) is 0. The molecule has 42 valence electrons. The third kappa shape index (κ3) is 3.86. The Labute approximate surface area is 49.2 Å². The van der Waals surface area contributed by atoms with Gasteiger partial charge in [-0.2, -0.15) is 0 Å². The van der Waals surface area contributed by atoms with Crippen LogP contribution in [0.5, 0.6) is 0 Å². The van der Waals surface area contributed by atoms with Crippen LogP contribution >= 0.6 is 11.8 Å². The Hall–Kier alpha value is 0.0200. The van der Waals surface area contributed by atoms with Crippen molar-refractivity contribution in [3.63, 3.8) is 0 Å². The van der Waals surface area contributed by atoms with Gasteiger partial charge in [-0.05, 0) is 0 Å². The lowest BCUT2D eigenvalue weighted by atomic mass is 10.8. The van der Waals surface area contributed by atoms with E-state index >= 15 is 0 Å². The molecule has 0 fully saturated rings. The smallest absolute Gasteiger partial charge is 0.0542 e. The van der Waals surface area contributed by atoms with Gasteiger partial charge in [0.25, 0.3) is 0 Å². The Morgan fingerprint density at radius 1 is 1.57 bits per heavy atom. The standard InChI is InChI=1S/C3H5NS.C2H6/c1-2-5-3-4-1;1-2/h3H,1-2H2;1-2H3. The first-order valence-electron chi connectivity index (χ1n) is 2.60. The molecule has 0 unspecified atom stereocenters. The number of aliphatic imine (C=N–C) groups is 1. The first-order valence-corrected chi connectivity index (χ1v) is 3.65. The lowest BCUT2D eigenvalue weighted by Crippen LogP contribution is -1.69. The molecule has 0 saturated carbocycles. The molecule has 1 rings (SSSR count). The zero-order chi connectivity index (χ0) is 5.54. The predicted octanol–water partition coefficient (Wildman–Crippen LogP) is 1.79. The number of nitrogens with zero attached hydrogens (tertiary/aromatic N) is 1. The lowest BCUT2D eigenvalue weighted by Gasteiger charge is -1.67. The Bertz CT molecular complexity index is 46.0. The summed E-state index contributed by atoms with van der Waals surface area (Å²) in [7, 11) is 0. The van der Waals surface area contributed by atoms with Gasteiger partial charge >= 0.3 is 0 Å². The van der Waals surface area contributed by atoms with Crippen molar-refractivity contribution in [2.24, 2.45) is 4.99 Å². The molecule has 1 nitrogen and oxygen atoms in total. The molecule has 0 amide bonds. The molecule has 0 saturated heterocycles. The van der Waals surface area contributed by atoms with Gasteiger partial charge < -0.3 is 0 Å². The summed E-state index contributed by atoms with van der Waals surface area (Å²) in [5.41, 5.74) is 1.90. The van der Waals surface area contributed by atoms with Crippen LogP contribution in [-0.2, 0) is 0 Å². The molecule has 1 aliphatic heterocycles. The number of rotatable bonds is 0. The van der Waals surface area contributed by atoms with Crippen molar-refractivity contribution in [2.45, 2.75) is 13.8 Å². The summed E-state index contributed by atoms with van der Waals surface area (Å²) in [5.74, 6) is 1.19. The highest BCUT2D eigenvalue weighted by atomic mass is 32.2. The highest BCUT2D eigenvalue weighted by molar-refractivity contribution is 8.12. The van der Waals surface area contributed by atoms with Gasteiger partial charge in [-0.15, -0.1) is 11.8 Å². The summed E-state index contributed by atoms with van der Waals surface area (Å²) in [5, 5.41) is 0. The maximum atomic E-state index is 3.92. The lowest BCUT2D eigenvalue weighted by molar-refractivity contribution is 1.18. The molecule has 0 aliphatic carbocycles. The van der Waals surface area contributed by atoms with Gasteiger partial charge in [-0.25, -0.2) is 0 Å². The molecule has 0 aromatic rings. The van der Waals surface area contributed by atoms with Crippen LogP contribution in [-0.4, -0.2) is 17.8 Å². The average molecular weight is 117 g/mol. The van der Waals surface area contributed by atoms with Crippen molar-refractivity contribution in [3.8, 4) is 0 Å². The van der Waals surface area contributed by atoms with Crippen molar-refractivity contribution >= 4 is 17.3 Å². The van der Waals surface area contributed by atoms with Gasteiger partial charge in [0.15, 0.2) is 0 Å². The molecule has 1 aliphatic rings. The summed E-state index contributed by atoms with van der Waals surface area (Å²) in [6, 6.07) is 0. The monoisotopic (exact) mass is 117 g/mol. The van der Waals surface area contributed by atoms with Gasteiger partial charge in [-0.1, -0.05) is 13.8 Å². The third-order valence-corrected chi connectivity index (χ3v) is 1.20. The Balaban J connectivity index is 0.000000162. The molecule has 0 aromatic heterocycles. The van der Waals surface area contributed by atoms with Gasteiger partial charge in [0.05, 0.1) is 5.55 Å². The van der Waals surface area contributed by atoms with Crippen LogP contribution in [0, 0.1) is 0 Å². The minimum Gasteiger partial charge on any atom is -0.285 e. The number of hydrogen-bond acceptors (Lipinski definition) is 2. The van der Waals surface area contributed by atoms with Gasteiger partial charge in [0, 0.05) is 12.3 Å². The summed E-state index contributed by atoms with van der Waals surface area (Å²) >= 11 is 1.78. The molecule has 0 spiro atoms.